The van der Waals surface area contributed by atoms with Gasteiger partial charge >= 0.3 is 0 Å². The summed E-state index contributed by atoms with van der Waals surface area (Å²) in [5.41, 5.74) is 5.24. The molecular formula is C24H23BrN8O3. The molecule has 12 heteroatoms. The first kappa shape index (κ1) is 23.5. The summed E-state index contributed by atoms with van der Waals surface area (Å²) in [5, 5.41) is 22.2. The Morgan fingerprint density at radius 3 is 2.69 bits per heavy atom. The van der Waals surface area contributed by atoms with Crippen LogP contribution in [0.1, 0.15) is 5.69 Å². The zero-order valence-electron chi connectivity index (χ0n) is 19.8. The van der Waals surface area contributed by atoms with E-state index >= 15 is 0 Å². The Labute approximate surface area is 215 Å². The number of ether oxygens (including phenoxy) is 1. The lowest BCUT2D eigenvalue weighted by molar-refractivity contribution is -0.383. The van der Waals surface area contributed by atoms with Crippen molar-refractivity contribution in [3.63, 3.8) is 0 Å². The Morgan fingerprint density at radius 1 is 1.11 bits per heavy atom. The molecule has 2 N–H and O–H groups in total. The minimum Gasteiger partial charge on any atom is -0.494 e. The van der Waals surface area contributed by atoms with Crippen LogP contribution in [0, 0.1) is 10.1 Å². The number of nitrogens with one attached hydrogen (secondary N) is 2. The van der Waals surface area contributed by atoms with Gasteiger partial charge in [-0.3, -0.25) is 14.8 Å². The number of nitro benzene ring substituents is 1. The molecule has 1 aliphatic heterocycles. The first-order valence-electron chi connectivity index (χ1n) is 11.1. The minimum absolute atomic E-state index is 0.0543. The molecule has 0 radical (unpaired) electrons. The second-order valence-corrected chi connectivity index (χ2v) is 9.14. The van der Waals surface area contributed by atoms with Crippen molar-refractivity contribution < 1.29 is 9.66 Å². The SMILES string of the molecule is COc1cc2c(cc1Nc1ncc(Br)c(Nc3ccccc3[N+](=O)[O-])n1)-c1cnn(C)c1CCN2C. The molecule has 5 rings (SSSR count). The predicted molar refractivity (Wildman–Crippen MR) is 142 cm³/mol. The van der Waals surface area contributed by atoms with Gasteiger partial charge in [0.25, 0.3) is 5.69 Å². The average molecular weight is 551 g/mol. The third kappa shape index (κ3) is 4.31. The molecule has 0 spiro atoms. The maximum atomic E-state index is 11.4. The smallest absolute Gasteiger partial charge is 0.292 e. The van der Waals surface area contributed by atoms with Crippen molar-refractivity contribution in [2.75, 3.05) is 36.2 Å². The van der Waals surface area contributed by atoms with Crippen LogP contribution in [0.2, 0.25) is 0 Å². The van der Waals surface area contributed by atoms with Crippen molar-refractivity contribution in [3.05, 3.63) is 69.1 Å². The van der Waals surface area contributed by atoms with E-state index in [1.807, 2.05) is 30.1 Å². The quantitative estimate of drug-likeness (QED) is 0.251. The number of likely N-dealkylation sites (N-methyl/N-ethyl adjacent to an activating group) is 1. The van der Waals surface area contributed by atoms with Gasteiger partial charge in [0.05, 0.1) is 28.4 Å². The summed E-state index contributed by atoms with van der Waals surface area (Å²) in [6.45, 7) is 0.853. The summed E-state index contributed by atoms with van der Waals surface area (Å²) in [4.78, 5) is 22.1. The van der Waals surface area contributed by atoms with Crippen molar-refractivity contribution in [1.82, 2.24) is 19.7 Å². The van der Waals surface area contributed by atoms with Gasteiger partial charge in [-0.2, -0.15) is 10.1 Å². The summed E-state index contributed by atoms with van der Waals surface area (Å²) in [5.74, 6) is 1.31. The Bertz CT molecular complexity index is 1470. The molecule has 0 amide bonds. The van der Waals surface area contributed by atoms with E-state index in [-0.39, 0.29) is 5.69 Å². The maximum absolute atomic E-state index is 11.4. The zero-order chi connectivity index (χ0) is 25.4. The van der Waals surface area contributed by atoms with Crippen molar-refractivity contribution in [2.45, 2.75) is 6.42 Å². The van der Waals surface area contributed by atoms with E-state index < -0.39 is 4.92 Å². The van der Waals surface area contributed by atoms with E-state index in [0.29, 0.717) is 33.4 Å². The molecule has 0 atom stereocenters. The van der Waals surface area contributed by atoms with Crippen molar-refractivity contribution in [3.8, 4) is 16.9 Å². The third-order valence-corrected chi connectivity index (χ3v) is 6.69. The number of aromatic nitrogens is 4. The molecule has 1 aliphatic rings. The topological polar surface area (TPSA) is 123 Å². The van der Waals surface area contributed by atoms with Gasteiger partial charge in [-0.25, -0.2) is 4.98 Å². The largest absolute Gasteiger partial charge is 0.494 e. The standard InChI is InChI=1S/C24H23BrN8O3/c1-31-9-8-19-15(12-27-32(19)2)14-10-18(22(36-3)11-21(14)31)29-24-26-13-16(25)23(30-24)28-17-6-4-5-7-20(17)33(34)35/h4-7,10-13H,8-9H2,1-3H3,(H2,26,28,29,30). The molecule has 4 aromatic rings. The molecule has 3 heterocycles. The second-order valence-electron chi connectivity index (χ2n) is 8.28. The number of hydrogen-bond donors (Lipinski definition) is 2. The summed E-state index contributed by atoms with van der Waals surface area (Å²) >= 11 is 3.42. The van der Waals surface area contributed by atoms with Crippen LogP contribution in [-0.2, 0) is 13.5 Å². The lowest BCUT2D eigenvalue weighted by Gasteiger charge is -2.22. The Kier molecular flexibility index (Phi) is 6.18. The number of halogens is 1. The summed E-state index contributed by atoms with van der Waals surface area (Å²) in [7, 11) is 5.63. The predicted octanol–water partition coefficient (Wildman–Crippen LogP) is 5.04. The third-order valence-electron chi connectivity index (χ3n) is 6.11. The molecule has 11 nitrogen and oxygen atoms in total. The maximum Gasteiger partial charge on any atom is 0.292 e. The van der Waals surface area contributed by atoms with E-state index in [0.717, 1.165) is 35.5 Å². The van der Waals surface area contributed by atoms with Gasteiger partial charge in [0.15, 0.2) is 5.82 Å². The number of methoxy groups -OCH3 is 1. The van der Waals surface area contributed by atoms with Gasteiger partial charge in [-0.15, -0.1) is 0 Å². The van der Waals surface area contributed by atoms with Gasteiger partial charge in [-0.1, -0.05) is 12.1 Å². The van der Waals surface area contributed by atoms with Gasteiger partial charge < -0.3 is 20.3 Å². The van der Waals surface area contributed by atoms with Crippen LogP contribution in [0.3, 0.4) is 0 Å². The minimum atomic E-state index is -0.444. The van der Waals surface area contributed by atoms with Crippen molar-refractivity contribution in [2.24, 2.45) is 7.05 Å². The molecule has 0 aliphatic carbocycles. The van der Waals surface area contributed by atoms with Crippen LogP contribution in [0.4, 0.5) is 34.5 Å². The van der Waals surface area contributed by atoms with Gasteiger partial charge in [0, 0.05) is 67.9 Å². The second kappa shape index (κ2) is 9.46. The number of fused-ring (bicyclic) bond motifs is 3. The number of aryl methyl sites for hydroxylation is 1. The fourth-order valence-electron chi connectivity index (χ4n) is 4.25. The molecule has 0 saturated carbocycles. The monoisotopic (exact) mass is 550 g/mol. The lowest BCUT2D eigenvalue weighted by atomic mass is 10.0. The van der Waals surface area contributed by atoms with Crippen LogP contribution in [-0.4, -0.2) is 45.4 Å². The van der Waals surface area contributed by atoms with Crippen LogP contribution in [0.15, 0.2) is 53.3 Å². The first-order chi connectivity index (χ1) is 17.4. The summed E-state index contributed by atoms with van der Waals surface area (Å²) in [6, 6.07) is 10.4. The molecule has 0 bridgehead atoms. The highest BCUT2D eigenvalue weighted by molar-refractivity contribution is 9.10. The van der Waals surface area contributed by atoms with Gasteiger partial charge in [0.1, 0.15) is 11.4 Å². The lowest BCUT2D eigenvalue weighted by Crippen LogP contribution is -2.20. The normalized spacial score (nSPS) is 12.4. The highest BCUT2D eigenvalue weighted by Crippen LogP contribution is 2.42. The molecule has 2 aromatic heterocycles. The Balaban J connectivity index is 1.53. The summed E-state index contributed by atoms with van der Waals surface area (Å²) in [6.07, 6.45) is 4.34. The fourth-order valence-corrected chi connectivity index (χ4v) is 4.54. The molecule has 0 saturated heterocycles. The highest BCUT2D eigenvalue weighted by Gasteiger charge is 2.23. The van der Waals surface area contributed by atoms with Gasteiger partial charge in [-0.05, 0) is 28.1 Å². The van der Waals surface area contributed by atoms with Crippen LogP contribution in [0.5, 0.6) is 5.75 Å². The zero-order valence-corrected chi connectivity index (χ0v) is 21.4. The van der Waals surface area contributed by atoms with Crippen molar-refractivity contribution >= 4 is 50.4 Å². The van der Waals surface area contributed by atoms with Crippen LogP contribution in [0.25, 0.3) is 11.1 Å². The van der Waals surface area contributed by atoms with Gasteiger partial charge in [0.2, 0.25) is 5.95 Å². The number of nitro groups is 1. The molecule has 184 valence electrons. The number of nitrogens with zero attached hydrogens (tertiary/aromatic N) is 6. The molecule has 36 heavy (non-hydrogen) atoms. The summed E-state index contributed by atoms with van der Waals surface area (Å²) < 4.78 is 8.16. The first-order valence-corrected chi connectivity index (χ1v) is 11.9. The number of rotatable bonds is 6. The molecule has 0 fully saturated rings. The van der Waals surface area contributed by atoms with E-state index in [9.17, 15) is 10.1 Å². The highest BCUT2D eigenvalue weighted by atomic mass is 79.9. The number of anilines is 5. The van der Waals surface area contributed by atoms with Crippen LogP contribution < -0.4 is 20.3 Å². The fraction of sp³-hybridized carbons (Fsp3) is 0.208. The Morgan fingerprint density at radius 2 is 1.92 bits per heavy atom. The van der Waals surface area contributed by atoms with Crippen LogP contribution >= 0.6 is 15.9 Å². The number of para-hydroxylation sites is 2. The number of benzene rings is 2. The van der Waals surface area contributed by atoms with E-state index in [1.54, 1.807) is 31.5 Å². The van der Waals surface area contributed by atoms with E-state index in [2.05, 4.69) is 53.6 Å². The molecule has 0 unspecified atom stereocenters. The Hall–Kier alpha value is -4.19. The molecule has 2 aromatic carbocycles. The van der Waals surface area contributed by atoms with Crippen molar-refractivity contribution in [1.29, 1.82) is 0 Å². The average Bonchev–Trinajstić information content (AvgIpc) is 3.17. The van der Waals surface area contributed by atoms with E-state index in [4.69, 9.17) is 4.74 Å². The van der Waals surface area contributed by atoms with E-state index in [1.165, 1.54) is 6.07 Å². The molecular weight excluding hydrogens is 528 g/mol. The number of hydrogen-bond acceptors (Lipinski definition) is 9.